The van der Waals surface area contributed by atoms with Gasteiger partial charge in [0, 0.05) is 19.6 Å². The average molecular weight is 341 g/mol. The summed E-state index contributed by atoms with van der Waals surface area (Å²) in [4.78, 5) is 19.4. The summed E-state index contributed by atoms with van der Waals surface area (Å²) in [6.07, 6.45) is 2.27. The Labute approximate surface area is 149 Å². The SMILES string of the molecule is Cc1ccc(CN2CN3C(=N2)CN(C)CC3C(=O)N2CCCC2)cc1. The van der Waals surface area contributed by atoms with Crippen LogP contribution in [0.5, 0.6) is 0 Å². The lowest BCUT2D eigenvalue weighted by atomic mass is 10.1. The number of carbonyl (C=O) groups is 1. The summed E-state index contributed by atoms with van der Waals surface area (Å²) in [5.74, 6) is 1.30. The van der Waals surface area contributed by atoms with Crippen LogP contribution in [0.15, 0.2) is 29.4 Å². The lowest BCUT2D eigenvalue weighted by Gasteiger charge is -2.39. The van der Waals surface area contributed by atoms with Crippen LogP contribution in [0, 0.1) is 6.92 Å². The first-order chi connectivity index (χ1) is 12.1. The molecular formula is C19H27N5O. The van der Waals surface area contributed by atoms with Gasteiger partial charge in [0.2, 0.25) is 5.91 Å². The maximum atomic E-state index is 13.0. The van der Waals surface area contributed by atoms with Crippen LogP contribution in [0.3, 0.4) is 0 Å². The van der Waals surface area contributed by atoms with Crippen LogP contribution in [-0.2, 0) is 11.3 Å². The quantitative estimate of drug-likeness (QED) is 0.832. The number of hydrogen-bond acceptors (Lipinski definition) is 5. The first kappa shape index (κ1) is 16.4. The van der Waals surface area contributed by atoms with Gasteiger partial charge in [-0.15, -0.1) is 0 Å². The van der Waals surface area contributed by atoms with Gasteiger partial charge < -0.3 is 9.80 Å². The monoisotopic (exact) mass is 341 g/mol. The molecule has 0 spiro atoms. The van der Waals surface area contributed by atoms with E-state index in [4.69, 9.17) is 5.10 Å². The van der Waals surface area contributed by atoms with Gasteiger partial charge in [-0.05, 0) is 32.4 Å². The molecule has 1 amide bonds. The molecule has 1 atom stereocenters. The second-order valence-corrected chi connectivity index (χ2v) is 7.52. The fourth-order valence-corrected chi connectivity index (χ4v) is 3.96. The molecule has 134 valence electrons. The van der Waals surface area contributed by atoms with Crippen molar-refractivity contribution in [1.82, 2.24) is 19.7 Å². The molecule has 3 aliphatic rings. The Morgan fingerprint density at radius 1 is 1.20 bits per heavy atom. The summed E-state index contributed by atoms with van der Waals surface area (Å²) in [6, 6.07) is 8.50. The van der Waals surface area contributed by atoms with E-state index in [-0.39, 0.29) is 11.9 Å². The number of fused-ring (bicyclic) bond motifs is 1. The molecule has 0 bridgehead atoms. The molecule has 0 N–H and O–H groups in total. The van der Waals surface area contributed by atoms with Crippen molar-refractivity contribution in [3.05, 3.63) is 35.4 Å². The van der Waals surface area contributed by atoms with E-state index < -0.39 is 0 Å². The van der Waals surface area contributed by atoms with E-state index in [1.807, 2.05) is 4.90 Å². The van der Waals surface area contributed by atoms with Crippen LogP contribution in [0.1, 0.15) is 24.0 Å². The molecule has 6 heteroatoms. The third-order valence-electron chi connectivity index (χ3n) is 5.36. The minimum atomic E-state index is -0.0985. The van der Waals surface area contributed by atoms with Crippen molar-refractivity contribution in [3.63, 3.8) is 0 Å². The number of carbonyl (C=O) groups excluding carboxylic acids is 1. The zero-order valence-corrected chi connectivity index (χ0v) is 15.2. The van der Waals surface area contributed by atoms with Crippen molar-refractivity contribution < 1.29 is 4.79 Å². The summed E-state index contributed by atoms with van der Waals surface area (Å²) in [7, 11) is 2.08. The van der Waals surface area contributed by atoms with E-state index in [0.29, 0.717) is 6.67 Å². The zero-order chi connectivity index (χ0) is 17.4. The highest BCUT2D eigenvalue weighted by Crippen LogP contribution is 2.22. The minimum Gasteiger partial charge on any atom is -0.341 e. The lowest BCUT2D eigenvalue weighted by Crippen LogP contribution is -2.60. The molecule has 2 saturated heterocycles. The van der Waals surface area contributed by atoms with Crippen molar-refractivity contribution in [2.24, 2.45) is 5.10 Å². The fourth-order valence-electron chi connectivity index (χ4n) is 3.96. The second-order valence-electron chi connectivity index (χ2n) is 7.52. The number of piperazine rings is 1. The number of aryl methyl sites for hydroxylation is 1. The fraction of sp³-hybridized carbons (Fsp3) is 0.579. The number of rotatable bonds is 3. The van der Waals surface area contributed by atoms with Crippen molar-refractivity contribution in [2.45, 2.75) is 32.4 Å². The van der Waals surface area contributed by atoms with Gasteiger partial charge in [0.1, 0.15) is 18.5 Å². The van der Waals surface area contributed by atoms with Gasteiger partial charge in [0.25, 0.3) is 0 Å². The highest BCUT2D eigenvalue weighted by molar-refractivity contribution is 5.93. The summed E-state index contributed by atoms with van der Waals surface area (Å²) in [6.45, 7) is 7.01. The van der Waals surface area contributed by atoms with Crippen molar-refractivity contribution in [2.75, 3.05) is 39.9 Å². The highest BCUT2D eigenvalue weighted by Gasteiger charge is 2.40. The molecule has 3 aliphatic heterocycles. The van der Waals surface area contributed by atoms with Gasteiger partial charge in [-0.25, -0.2) is 0 Å². The Kier molecular flexibility index (Phi) is 4.37. The van der Waals surface area contributed by atoms with E-state index in [0.717, 1.165) is 51.4 Å². The number of benzene rings is 1. The van der Waals surface area contributed by atoms with Gasteiger partial charge >= 0.3 is 0 Å². The number of hydrazone groups is 1. The molecule has 6 nitrogen and oxygen atoms in total. The number of amidine groups is 1. The molecule has 1 unspecified atom stereocenters. The van der Waals surface area contributed by atoms with Gasteiger partial charge in [-0.3, -0.25) is 14.7 Å². The van der Waals surface area contributed by atoms with Crippen molar-refractivity contribution in [3.8, 4) is 0 Å². The Hall–Kier alpha value is -2.08. The van der Waals surface area contributed by atoms with Crippen molar-refractivity contribution in [1.29, 1.82) is 0 Å². The van der Waals surface area contributed by atoms with Gasteiger partial charge in [0.05, 0.1) is 13.1 Å². The minimum absolute atomic E-state index is 0.0985. The molecule has 1 aromatic rings. The van der Waals surface area contributed by atoms with Gasteiger partial charge in [-0.2, -0.15) is 5.10 Å². The van der Waals surface area contributed by atoms with E-state index >= 15 is 0 Å². The summed E-state index contributed by atoms with van der Waals surface area (Å²) in [5.41, 5.74) is 2.53. The number of hydrogen-bond donors (Lipinski definition) is 0. The summed E-state index contributed by atoms with van der Waals surface area (Å²) >= 11 is 0. The maximum absolute atomic E-state index is 13.0. The van der Waals surface area contributed by atoms with E-state index in [2.05, 4.69) is 53.0 Å². The van der Waals surface area contributed by atoms with Crippen LogP contribution < -0.4 is 0 Å². The van der Waals surface area contributed by atoms with Crippen LogP contribution >= 0.6 is 0 Å². The lowest BCUT2D eigenvalue weighted by molar-refractivity contribution is -0.135. The number of likely N-dealkylation sites (N-methyl/N-ethyl adjacent to an activating group) is 1. The molecule has 3 heterocycles. The van der Waals surface area contributed by atoms with Crippen LogP contribution in [0.25, 0.3) is 0 Å². The second kappa shape index (κ2) is 6.67. The standard InChI is InChI=1S/C19H27N5O/c1-15-5-7-16(8-6-15)11-23-14-24-17(12-21(2)13-18(24)20-23)19(25)22-9-3-4-10-22/h5-8,17H,3-4,9-14H2,1-2H3. The van der Waals surface area contributed by atoms with E-state index in [9.17, 15) is 4.79 Å². The third-order valence-corrected chi connectivity index (χ3v) is 5.36. The Morgan fingerprint density at radius 3 is 2.64 bits per heavy atom. The number of likely N-dealkylation sites (tertiary alicyclic amines) is 1. The average Bonchev–Trinajstić information content (AvgIpc) is 3.25. The number of amides is 1. The first-order valence-electron chi connectivity index (χ1n) is 9.22. The van der Waals surface area contributed by atoms with Crippen LogP contribution in [0.2, 0.25) is 0 Å². The molecular weight excluding hydrogens is 314 g/mol. The Bertz CT molecular complexity index is 665. The van der Waals surface area contributed by atoms with Gasteiger partial charge in [0.15, 0.2) is 0 Å². The molecule has 25 heavy (non-hydrogen) atoms. The predicted molar refractivity (Wildman–Crippen MR) is 98.0 cm³/mol. The third kappa shape index (κ3) is 3.35. The zero-order valence-electron chi connectivity index (χ0n) is 15.2. The topological polar surface area (TPSA) is 42.4 Å². The van der Waals surface area contributed by atoms with Crippen LogP contribution in [0.4, 0.5) is 0 Å². The molecule has 2 fully saturated rings. The largest absolute Gasteiger partial charge is 0.341 e. The Morgan fingerprint density at radius 2 is 1.92 bits per heavy atom. The molecule has 0 radical (unpaired) electrons. The maximum Gasteiger partial charge on any atom is 0.246 e. The molecule has 0 aliphatic carbocycles. The molecule has 1 aromatic carbocycles. The number of nitrogens with zero attached hydrogens (tertiary/aromatic N) is 5. The Balaban J connectivity index is 1.48. The first-order valence-corrected chi connectivity index (χ1v) is 9.22. The molecule has 0 saturated carbocycles. The van der Waals surface area contributed by atoms with E-state index in [1.165, 1.54) is 11.1 Å². The highest BCUT2D eigenvalue weighted by atomic mass is 16.2. The molecule has 4 rings (SSSR count). The van der Waals surface area contributed by atoms with Gasteiger partial charge in [-0.1, -0.05) is 29.8 Å². The predicted octanol–water partition coefficient (Wildman–Crippen LogP) is 1.32. The summed E-state index contributed by atoms with van der Waals surface area (Å²) < 4.78 is 0. The smallest absolute Gasteiger partial charge is 0.246 e. The van der Waals surface area contributed by atoms with Crippen molar-refractivity contribution >= 4 is 11.7 Å². The molecule has 0 aromatic heterocycles. The van der Waals surface area contributed by atoms with Crippen LogP contribution in [-0.4, -0.2) is 77.4 Å². The normalized spacial score (nSPS) is 23.8. The summed E-state index contributed by atoms with van der Waals surface area (Å²) in [5, 5.41) is 6.89. The van der Waals surface area contributed by atoms with E-state index in [1.54, 1.807) is 0 Å².